The Kier molecular flexibility index (Phi) is 6.35. The molecule has 0 spiro atoms. The number of hydrogen-bond donors (Lipinski definition) is 1. The number of nitrogens with zero attached hydrogens (tertiary/aromatic N) is 2. The number of rotatable bonds is 4. The van der Waals surface area contributed by atoms with Crippen molar-refractivity contribution in [1.29, 1.82) is 0 Å². The zero-order chi connectivity index (χ0) is 22.1. The van der Waals surface area contributed by atoms with Gasteiger partial charge in [-0.15, -0.1) is 0 Å². The Morgan fingerprint density at radius 1 is 1.13 bits per heavy atom. The predicted molar refractivity (Wildman–Crippen MR) is 95.9 cm³/mol. The number of likely N-dealkylation sites (tertiary alicyclic amines) is 1. The molecule has 1 saturated heterocycles. The third kappa shape index (κ3) is 4.75. The summed E-state index contributed by atoms with van der Waals surface area (Å²) < 4.78 is 79.6. The summed E-state index contributed by atoms with van der Waals surface area (Å²) in [7, 11) is 0. The normalized spacial score (nSPS) is 16.6. The van der Waals surface area contributed by atoms with Crippen molar-refractivity contribution in [1.82, 2.24) is 9.88 Å². The molecule has 0 bridgehead atoms. The van der Waals surface area contributed by atoms with Crippen LogP contribution in [0.25, 0.3) is 0 Å². The van der Waals surface area contributed by atoms with E-state index in [2.05, 4.69) is 4.98 Å². The lowest BCUT2D eigenvalue weighted by Crippen LogP contribution is -2.44. The van der Waals surface area contributed by atoms with Crippen molar-refractivity contribution in [2.45, 2.75) is 31.5 Å². The number of carbonyl (C=O) groups excluding carboxylic acids is 1. The van der Waals surface area contributed by atoms with Gasteiger partial charge in [0.15, 0.2) is 17.3 Å². The van der Waals surface area contributed by atoms with Gasteiger partial charge in [0.25, 0.3) is 5.91 Å². The molecular formula is C20H19F6N3O. The Hall–Kier alpha value is -2.62. The zero-order valence-corrected chi connectivity index (χ0v) is 15.7. The third-order valence-electron chi connectivity index (χ3n) is 5.28. The quantitative estimate of drug-likeness (QED) is 0.590. The summed E-state index contributed by atoms with van der Waals surface area (Å²) in [6.45, 7) is 0.341. The number of hydrogen-bond acceptors (Lipinski definition) is 3. The molecule has 2 aromatic rings. The number of carbonyl (C=O) groups is 1. The average Bonchev–Trinajstić information content (AvgIpc) is 2.71. The SMILES string of the molecule is NC(Cc1cc(F)c(F)cc1F)C1CCN(C(=O)c2cccnc2C(F)(F)F)CC1. The highest BCUT2D eigenvalue weighted by Gasteiger charge is 2.38. The summed E-state index contributed by atoms with van der Waals surface area (Å²) in [5.74, 6) is -4.28. The van der Waals surface area contributed by atoms with Gasteiger partial charge in [0.1, 0.15) is 5.82 Å². The van der Waals surface area contributed by atoms with Crippen LogP contribution in [-0.4, -0.2) is 34.9 Å². The second kappa shape index (κ2) is 8.63. The van der Waals surface area contributed by atoms with Crippen LogP contribution in [0.2, 0.25) is 0 Å². The fourth-order valence-corrected chi connectivity index (χ4v) is 3.65. The largest absolute Gasteiger partial charge is 0.434 e. The van der Waals surface area contributed by atoms with E-state index in [1.54, 1.807) is 0 Å². The third-order valence-corrected chi connectivity index (χ3v) is 5.28. The van der Waals surface area contributed by atoms with E-state index < -0.39 is 46.8 Å². The Labute approximate surface area is 168 Å². The molecular weight excluding hydrogens is 412 g/mol. The lowest BCUT2D eigenvalue weighted by Gasteiger charge is -2.35. The van der Waals surface area contributed by atoms with Crippen LogP contribution in [0, 0.1) is 23.4 Å². The number of aromatic nitrogens is 1. The van der Waals surface area contributed by atoms with E-state index in [0.717, 1.165) is 18.3 Å². The maximum Gasteiger partial charge on any atom is 0.434 e. The van der Waals surface area contributed by atoms with Crippen LogP contribution in [0.4, 0.5) is 26.3 Å². The summed E-state index contributed by atoms with van der Waals surface area (Å²) in [6.07, 6.45) is -3.02. The molecule has 4 nitrogen and oxygen atoms in total. The van der Waals surface area contributed by atoms with Gasteiger partial charge in [-0.2, -0.15) is 13.2 Å². The van der Waals surface area contributed by atoms with Crippen molar-refractivity contribution >= 4 is 5.91 Å². The van der Waals surface area contributed by atoms with Crippen molar-refractivity contribution in [3.63, 3.8) is 0 Å². The smallest absolute Gasteiger partial charge is 0.339 e. The number of benzene rings is 1. The molecule has 1 aliphatic rings. The topological polar surface area (TPSA) is 59.2 Å². The first-order valence-corrected chi connectivity index (χ1v) is 9.28. The van der Waals surface area contributed by atoms with E-state index in [0.29, 0.717) is 18.9 Å². The molecule has 162 valence electrons. The molecule has 0 radical (unpaired) electrons. The maximum atomic E-state index is 13.8. The number of halogens is 6. The Balaban J connectivity index is 1.64. The summed E-state index contributed by atoms with van der Waals surface area (Å²) in [4.78, 5) is 17.2. The second-order valence-electron chi connectivity index (χ2n) is 7.25. The zero-order valence-electron chi connectivity index (χ0n) is 15.7. The molecule has 1 aromatic carbocycles. The fraction of sp³-hybridized carbons (Fsp3) is 0.400. The van der Waals surface area contributed by atoms with E-state index >= 15 is 0 Å². The maximum absolute atomic E-state index is 13.8. The summed E-state index contributed by atoms with van der Waals surface area (Å²) in [5.41, 5.74) is 4.30. The first-order valence-electron chi connectivity index (χ1n) is 9.28. The average molecular weight is 431 g/mol. The first-order chi connectivity index (χ1) is 14.1. The van der Waals surface area contributed by atoms with E-state index in [-0.39, 0.29) is 31.0 Å². The summed E-state index contributed by atoms with van der Waals surface area (Å²) in [6, 6.07) is 3.00. The van der Waals surface area contributed by atoms with Gasteiger partial charge in [-0.05, 0) is 48.9 Å². The molecule has 0 aliphatic carbocycles. The highest BCUT2D eigenvalue weighted by atomic mass is 19.4. The van der Waals surface area contributed by atoms with Crippen molar-refractivity contribution in [3.05, 3.63) is 64.7 Å². The van der Waals surface area contributed by atoms with Gasteiger partial charge >= 0.3 is 6.18 Å². The number of piperidine rings is 1. The van der Waals surface area contributed by atoms with Crippen LogP contribution in [-0.2, 0) is 12.6 Å². The van der Waals surface area contributed by atoms with Gasteiger partial charge in [0.05, 0.1) is 5.56 Å². The highest BCUT2D eigenvalue weighted by Crippen LogP contribution is 2.31. The standard InChI is InChI=1S/C20H19F6N3O/c21-14-10-16(23)15(22)8-12(14)9-17(27)11-3-6-29(7-4-11)19(30)13-2-1-5-28-18(13)20(24,25)26/h1-2,5,8,10-11,17H,3-4,6-7,9,27H2. The number of nitrogens with two attached hydrogens (primary N) is 1. The molecule has 3 rings (SSSR count). The van der Waals surface area contributed by atoms with Crippen LogP contribution in [0.15, 0.2) is 30.5 Å². The van der Waals surface area contributed by atoms with Crippen LogP contribution in [0.1, 0.15) is 34.5 Å². The number of amides is 1. The fourth-order valence-electron chi connectivity index (χ4n) is 3.65. The van der Waals surface area contributed by atoms with E-state index in [1.165, 1.54) is 11.0 Å². The van der Waals surface area contributed by atoms with Crippen LogP contribution in [0.5, 0.6) is 0 Å². The molecule has 1 atom stereocenters. The van der Waals surface area contributed by atoms with E-state index in [4.69, 9.17) is 5.73 Å². The van der Waals surface area contributed by atoms with E-state index in [9.17, 15) is 31.1 Å². The van der Waals surface area contributed by atoms with Crippen molar-refractivity contribution in [3.8, 4) is 0 Å². The molecule has 1 amide bonds. The predicted octanol–water partition coefficient (Wildman–Crippen LogP) is 3.94. The van der Waals surface area contributed by atoms with Gasteiger partial charge in [0, 0.05) is 31.4 Å². The minimum atomic E-state index is -4.75. The lowest BCUT2D eigenvalue weighted by atomic mass is 9.86. The lowest BCUT2D eigenvalue weighted by molar-refractivity contribution is -0.141. The molecule has 2 heterocycles. The van der Waals surface area contributed by atoms with E-state index in [1.807, 2.05) is 0 Å². The molecule has 2 N–H and O–H groups in total. The molecule has 1 unspecified atom stereocenters. The monoisotopic (exact) mass is 431 g/mol. The molecule has 1 aromatic heterocycles. The molecule has 30 heavy (non-hydrogen) atoms. The highest BCUT2D eigenvalue weighted by molar-refractivity contribution is 5.95. The Morgan fingerprint density at radius 3 is 2.40 bits per heavy atom. The number of alkyl halides is 3. The van der Waals surface area contributed by atoms with Crippen molar-refractivity contribution in [2.75, 3.05) is 13.1 Å². The van der Waals surface area contributed by atoms with Gasteiger partial charge in [-0.1, -0.05) is 0 Å². The Morgan fingerprint density at radius 2 is 1.77 bits per heavy atom. The molecule has 1 fully saturated rings. The van der Waals surface area contributed by atoms with Crippen LogP contribution in [0.3, 0.4) is 0 Å². The van der Waals surface area contributed by atoms with Crippen molar-refractivity contribution < 1.29 is 31.1 Å². The van der Waals surface area contributed by atoms with Gasteiger partial charge in [-0.3, -0.25) is 9.78 Å². The Bertz CT molecular complexity index is 925. The summed E-state index contributed by atoms with van der Waals surface area (Å²) in [5, 5.41) is 0. The minimum Gasteiger partial charge on any atom is -0.339 e. The molecule has 1 aliphatic heterocycles. The number of pyridine rings is 1. The molecule has 10 heteroatoms. The van der Waals surface area contributed by atoms with Gasteiger partial charge < -0.3 is 10.6 Å². The van der Waals surface area contributed by atoms with Gasteiger partial charge in [0.2, 0.25) is 0 Å². The van der Waals surface area contributed by atoms with Crippen molar-refractivity contribution in [2.24, 2.45) is 11.7 Å². The second-order valence-corrected chi connectivity index (χ2v) is 7.25. The molecule has 0 saturated carbocycles. The first kappa shape index (κ1) is 22.1. The summed E-state index contributed by atoms with van der Waals surface area (Å²) >= 11 is 0. The van der Waals surface area contributed by atoms with Crippen LogP contribution < -0.4 is 5.73 Å². The van der Waals surface area contributed by atoms with Gasteiger partial charge in [-0.25, -0.2) is 13.2 Å². The van der Waals surface area contributed by atoms with Crippen LogP contribution >= 0.6 is 0 Å². The minimum absolute atomic E-state index is 0.0253.